The van der Waals surface area contributed by atoms with Crippen LogP contribution in [-0.4, -0.2) is 43.7 Å². The Hall–Kier alpha value is -4.27. The van der Waals surface area contributed by atoms with Gasteiger partial charge in [0.2, 0.25) is 5.95 Å². The molecule has 0 saturated carbocycles. The largest absolute Gasteiger partial charge is 0.449 e. The Bertz CT molecular complexity index is 1420. The van der Waals surface area contributed by atoms with E-state index in [1.165, 1.54) is 6.07 Å². The van der Waals surface area contributed by atoms with E-state index in [2.05, 4.69) is 17.2 Å². The maximum atomic E-state index is 14.6. The number of hydrogen-bond acceptors (Lipinski definition) is 6. The van der Waals surface area contributed by atoms with Crippen LogP contribution in [0.5, 0.6) is 0 Å². The summed E-state index contributed by atoms with van der Waals surface area (Å²) in [6.07, 6.45) is 6.00. The van der Waals surface area contributed by atoms with E-state index < -0.39 is 0 Å². The average Bonchev–Trinajstić information content (AvgIpc) is 3.36. The Labute approximate surface area is 221 Å². The predicted molar refractivity (Wildman–Crippen MR) is 143 cm³/mol. The van der Waals surface area contributed by atoms with Crippen molar-refractivity contribution in [2.75, 3.05) is 18.5 Å². The molecular weight excluding hydrogens is 483 g/mol. The number of aryl methyl sites for hydroxylation is 1. The highest BCUT2D eigenvalue weighted by Crippen LogP contribution is 2.26. The van der Waals surface area contributed by atoms with E-state index in [4.69, 9.17) is 14.7 Å². The van der Waals surface area contributed by atoms with Gasteiger partial charge in [-0.3, -0.25) is 0 Å². The lowest BCUT2D eigenvalue weighted by Crippen LogP contribution is -2.37. The first-order chi connectivity index (χ1) is 18.5. The number of fused-ring (bicyclic) bond motifs is 1. The molecule has 0 aliphatic carbocycles. The number of benzene rings is 2. The fourth-order valence-electron chi connectivity index (χ4n) is 4.54. The van der Waals surface area contributed by atoms with Gasteiger partial charge in [0.15, 0.2) is 0 Å². The number of halogens is 1. The van der Waals surface area contributed by atoms with Gasteiger partial charge in [-0.05, 0) is 49.2 Å². The number of imidazole rings is 1. The zero-order valence-corrected chi connectivity index (χ0v) is 21.7. The molecule has 0 saturated heterocycles. The van der Waals surface area contributed by atoms with Crippen LogP contribution in [0, 0.1) is 12.7 Å². The number of unbranched alkanes of at least 4 members (excludes halogenated alkanes) is 1. The summed E-state index contributed by atoms with van der Waals surface area (Å²) in [7, 11) is 0. The quantitative estimate of drug-likeness (QED) is 0.302. The van der Waals surface area contributed by atoms with Crippen LogP contribution in [0.3, 0.4) is 0 Å². The number of hydrogen-bond donors (Lipinski definition) is 1. The molecule has 0 radical (unpaired) electrons. The summed E-state index contributed by atoms with van der Waals surface area (Å²) in [6.45, 7) is 5.25. The van der Waals surface area contributed by atoms with Gasteiger partial charge in [0, 0.05) is 48.7 Å². The molecule has 38 heavy (non-hydrogen) atoms. The molecule has 1 aliphatic heterocycles. The average molecular weight is 515 g/mol. The van der Waals surface area contributed by atoms with Crippen LogP contribution in [0.4, 0.5) is 20.8 Å². The summed E-state index contributed by atoms with van der Waals surface area (Å²) >= 11 is 0. The van der Waals surface area contributed by atoms with Crippen molar-refractivity contribution in [2.45, 2.75) is 46.1 Å². The summed E-state index contributed by atoms with van der Waals surface area (Å²) in [5.74, 6) is 1.07. The van der Waals surface area contributed by atoms with Gasteiger partial charge in [0.05, 0.1) is 24.5 Å². The molecule has 1 amide bonds. The van der Waals surface area contributed by atoms with Gasteiger partial charge in [-0.25, -0.2) is 24.1 Å². The van der Waals surface area contributed by atoms with Crippen molar-refractivity contribution in [2.24, 2.45) is 0 Å². The first-order valence-electron chi connectivity index (χ1n) is 12.9. The minimum absolute atomic E-state index is 0.286. The van der Waals surface area contributed by atoms with E-state index in [1.807, 2.05) is 48.0 Å². The van der Waals surface area contributed by atoms with E-state index in [9.17, 15) is 9.18 Å². The minimum Gasteiger partial charge on any atom is -0.449 e. The third-order valence-electron chi connectivity index (χ3n) is 6.67. The molecule has 0 spiro atoms. The van der Waals surface area contributed by atoms with Crippen molar-refractivity contribution in [1.82, 2.24) is 24.4 Å². The third-order valence-corrected chi connectivity index (χ3v) is 6.67. The monoisotopic (exact) mass is 514 g/mol. The molecule has 196 valence electrons. The van der Waals surface area contributed by atoms with Crippen molar-refractivity contribution >= 4 is 17.7 Å². The van der Waals surface area contributed by atoms with Crippen LogP contribution in [0.2, 0.25) is 0 Å². The molecule has 9 heteroatoms. The highest BCUT2D eigenvalue weighted by Gasteiger charge is 2.27. The highest BCUT2D eigenvalue weighted by atomic mass is 19.1. The number of amides is 1. The number of nitrogens with one attached hydrogen (secondary N) is 1. The summed E-state index contributed by atoms with van der Waals surface area (Å²) in [5, 5.41) is 3.30. The van der Waals surface area contributed by atoms with Gasteiger partial charge in [-0.15, -0.1) is 0 Å². The van der Waals surface area contributed by atoms with Crippen LogP contribution in [0.1, 0.15) is 48.1 Å². The van der Waals surface area contributed by atoms with Crippen molar-refractivity contribution in [3.63, 3.8) is 0 Å². The van der Waals surface area contributed by atoms with Crippen molar-refractivity contribution in [3.05, 3.63) is 95.1 Å². The molecule has 2 aromatic carbocycles. The molecule has 0 unspecified atom stereocenters. The van der Waals surface area contributed by atoms with Gasteiger partial charge >= 0.3 is 6.09 Å². The normalized spacial score (nSPS) is 12.8. The first-order valence-corrected chi connectivity index (χ1v) is 12.9. The molecule has 8 nitrogen and oxygen atoms in total. The Balaban J connectivity index is 1.41. The second-order valence-electron chi connectivity index (χ2n) is 9.34. The van der Waals surface area contributed by atoms with Gasteiger partial charge in [-0.1, -0.05) is 31.5 Å². The van der Waals surface area contributed by atoms with Gasteiger partial charge in [0.1, 0.15) is 11.6 Å². The van der Waals surface area contributed by atoms with Crippen molar-refractivity contribution in [1.29, 1.82) is 0 Å². The maximum absolute atomic E-state index is 14.6. The topological polar surface area (TPSA) is 85.2 Å². The van der Waals surface area contributed by atoms with Gasteiger partial charge < -0.3 is 19.5 Å². The predicted octanol–water partition coefficient (Wildman–Crippen LogP) is 5.74. The van der Waals surface area contributed by atoms with Crippen molar-refractivity contribution < 1.29 is 13.9 Å². The SMILES string of the molecule is CCCCOC(=O)N1CCc2nc(Nc3ccc(-n4ccnc4C)cc3)nc(Cc3ccccc3F)c2C1. The molecule has 1 aliphatic rings. The van der Waals surface area contributed by atoms with Gasteiger partial charge in [-0.2, -0.15) is 0 Å². The summed E-state index contributed by atoms with van der Waals surface area (Å²) in [6, 6.07) is 14.6. The number of nitrogens with zero attached hydrogens (tertiary/aromatic N) is 5. The van der Waals surface area contributed by atoms with Crippen molar-refractivity contribution in [3.8, 4) is 5.69 Å². The molecule has 0 bridgehead atoms. The summed E-state index contributed by atoms with van der Waals surface area (Å²) in [4.78, 5) is 28.2. The smallest absolute Gasteiger partial charge is 0.410 e. The van der Waals surface area contributed by atoms with Crippen LogP contribution < -0.4 is 5.32 Å². The van der Waals surface area contributed by atoms with E-state index in [1.54, 1.807) is 23.2 Å². The van der Waals surface area contributed by atoms with Crippen LogP contribution in [0.15, 0.2) is 60.9 Å². The standard InChI is InChI=1S/C29H31FN6O2/c1-3-4-17-38-29(37)35-15-13-26-24(19-35)27(18-21-7-5-6-8-25(21)30)34-28(33-26)32-22-9-11-23(12-10-22)36-16-14-31-20(36)2/h5-12,14,16H,3-4,13,15,17-19H2,1-2H3,(H,32,33,34). The number of anilines is 2. The number of aromatic nitrogens is 4. The van der Waals surface area contributed by atoms with Crippen LogP contribution in [-0.2, 0) is 24.1 Å². The Morgan fingerprint density at radius 2 is 1.95 bits per heavy atom. The fourth-order valence-corrected chi connectivity index (χ4v) is 4.54. The maximum Gasteiger partial charge on any atom is 0.410 e. The first kappa shape index (κ1) is 25.4. The Morgan fingerprint density at radius 3 is 2.68 bits per heavy atom. The van der Waals surface area contributed by atoms with Crippen LogP contribution in [0.25, 0.3) is 5.69 Å². The second kappa shape index (κ2) is 11.4. The Kier molecular flexibility index (Phi) is 7.62. The summed E-state index contributed by atoms with van der Waals surface area (Å²) in [5.41, 5.74) is 4.78. The number of carbonyl (C=O) groups excluding carboxylic acids is 1. The zero-order chi connectivity index (χ0) is 26.5. The minimum atomic E-state index is -0.337. The lowest BCUT2D eigenvalue weighted by atomic mass is 9.99. The number of carbonyl (C=O) groups is 1. The molecule has 2 aromatic heterocycles. The van der Waals surface area contributed by atoms with E-state index in [0.29, 0.717) is 49.7 Å². The summed E-state index contributed by atoms with van der Waals surface area (Å²) < 4.78 is 22.0. The van der Waals surface area contributed by atoms with E-state index in [-0.39, 0.29) is 11.9 Å². The lowest BCUT2D eigenvalue weighted by Gasteiger charge is -2.29. The van der Waals surface area contributed by atoms with E-state index >= 15 is 0 Å². The molecular formula is C29H31FN6O2. The zero-order valence-electron chi connectivity index (χ0n) is 21.7. The number of ether oxygens (including phenoxy) is 1. The highest BCUT2D eigenvalue weighted by molar-refractivity contribution is 5.68. The Morgan fingerprint density at radius 1 is 1.13 bits per heavy atom. The molecule has 3 heterocycles. The third kappa shape index (κ3) is 5.66. The molecule has 5 rings (SSSR count). The van der Waals surface area contributed by atoms with Crippen LogP contribution >= 0.6 is 0 Å². The second-order valence-corrected chi connectivity index (χ2v) is 9.34. The molecule has 4 aromatic rings. The lowest BCUT2D eigenvalue weighted by molar-refractivity contribution is 0.0962. The molecule has 0 fully saturated rings. The molecule has 0 atom stereocenters. The molecule has 1 N–H and O–H groups in total. The number of rotatable bonds is 8. The van der Waals surface area contributed by atoms with Gasteiger partial charge in [0.25, 0.3) is 0 Å². The van der Waals surface area contributed by atoms with E-state index in [0.717, 1.165) is 41.3 Å². The fraction of sp³-hybridized carbons (Fsp3) is 0.310.